The molecule has 0 aliphatic carbocycles. The standard InChI is InChI=1S/C11H21NO2S/c1-2-3-5-11(8-12-9-11)10-4-6-15(13,14)7-10/h10,12H,2-9H2,1H3. The van der Waals surface area contributed by atoms with E-state index in [1.165, 1.54) is 19.3 Å². The zero-order valence-corrected chi connectivity index (χ0v) is 10.3. The van der Waals surface area contributed by atoms with Crippen LogP contribution < -0.4 is 5.32 Å². The molecule has 0 aromatic carbocycles. The topological polar surface area (TPSA) is 46.2 Å². The summed E-state index contributed by atoms with van der Waals surface area (Å²) in [6.07, 6.45) is 4.55. The van der Waals surface area contributed by atoms with E-state index in [9.17, 15) is 8.42 Å². The molecule has 1 N–H and O–H groups in total. The van der Waals surface area contributed by atoms with E-state index in [1.807, 2.05) is 0 Å². The first-order chi connectivity index (χ1) is 7.08. The van der Waals surface area contributed by atoms with Crippen LogP contribution in [0, 0.1) is 11.3 Å². The van der Waals surface area contributed by atoms with Gasteiger partial charge < -0.3 is 5.32 Å². The van der Waals surface area contributed by atoms with E-state index < -0.39 is 9.84 Å². The Balaban J connectivity index is 2.01. The van der Waals surface area contributed by atoms with E-state index in [4.69, 9.17) is 0 Å². The molecule has 2 fully saturated rings. The molecule has 2 rings (SSSR count). The van der Waals surface area contributed by atoms with Crippen LogP contribution in [0.5, 0.6) is 0 Å². The molecule has 2 saturated heterocycles. The lowest BCUT2D eigenvalue weighted by Crippen LogP contribution is -2.57. The minimum atomic E-state index is -2.71. The van der Waals surface area contributed by atoms with Crippen LogP contribution in [-0.4, -0.2) is 33.0 Å². The molecule has 2 heterocycles. The molecule has 0 radical (unpaired) electrons. The predicted octanol–water partition coefficient (Wildman–Crippen LogP) is 1.20. The van der Waals surface area contributed by atoms with Gasteiger partial charge in [-0.05, 0) is 24.2 Å². The van der Waals surface area contributed by atoms with E-state index in [1.54, 1.807) is 0 Å². The maximum atomic E-state index is 11.5. The van der Waals surface area contributed by atoms with Crippen molar-refractivity contribution in [2.24, 2.45) is 11.3 Å². The third-order valence-corrected chi connectivity index (χ3v) is 5.85. The van der Waals surface area contributed by atoms with Crippen LogP contribution in [0.15, 0.2) is 0 Å². The van der Waals surface area contributed by atoms with Crippen molar-refractivity contribution in [3.8, 4) is 0 Å². The Bertz CT molecular complexity index is 319. The monoisotopic (exact) mass is 231 g/mol. The van der Waals surface area contributed by atoms with Crippen molar-refractivity contribution in [1.29, 1.82) is 0 Å². The molecule has 1 unspecified atom stereocenters. The molecular weight excluding hydrogens is 210 g/mol. The summed E-state index contributed by atoms with van der Waals surface area (Å²) in [6, 6.07) is 0. The van der Waals surface area contributed by atoms with Gasteiger partial charge in [0, 0.05) is 13.1 Å². The zero-order chi connectivity index (χ0) is 10.9. The van der Waals surface area contributed by atoms with E-state index >= 15 is 0 Å². The maximum absolute atomic E-state index is 11.5. The van der Waals surface area contributed by atoms with Crippen LogP contribution >= 0.6 is 0 Å². The van der Waals surface area contributed by atoms with Gasteiger partial charge >= 0.3 is 0 Å². The fourth-order valence-corrected chi connectivity index (χ4v) is 4.87. The predicted molar refractivity (Wildman–Crippen MR) is 61.6 cm³/mol. The highest BCUT2D eigenvalue weighted by atomic mass is 32.2. The number of unbranched alkanes of at least 4 members (excludes halogenated alkanes) is 1. The third-order valence-electron chi connectivity index (χ3n) is 4.08. The highest BCUT2D eigenvalue weighted by molar-refractivity contribution is 7.91. The van der Waals surface area contributed by atoms with Crippen molar-refractivity contribution in [2.45, 2.75) is 32.6 Å². The van der Waals surface area contributed by atoms with Crippen molar-refractivity contribution >= 4 is 9.84 Å². The molecule has 0 spiro atoms. The fourth-order valence-electron chi connectivity index (χ4n) is 2.92. The minimum absolute atomic E-state index is 0.319. The molecule has 2 aliphatic heterocycles. The lowest BCUT2D eigenvalue weighted by atomic mass is 9.67. The van der Waals surface area contributed by atoms with Gasteiger partial charge in [-0.15, -0.1) is 0 Å². The van der Waals surface area contributed by atoms with Gasteiger partial charge in [0.15, 0.2) is 9.84 Å². The van der Waals surface area contributed by atoms with Crippen LogP contribution in [0.2, 0.25) is 0 Å². The van der Waals surface area contributed by atoms with Crippen molar-refractivity contribution in [3.63, 3.8) is 0 Å². The Morgan fingerprint density at radius 2 is 2.13 bits per heavy atom. The van der Waals surface area contributed by atoms with Gasteiger partial charge in [0.05, 0.1) is 11.5 Å². The summed E-state index contributed by atoms with van der Waals surface area (Å²) in [5.74, 6) is 1.29. The second-order valence-electron chi connectivity index (χ2n) is 5.17. The molecule has 0 amide bonds. The van der Waals surface area contributed by atoms with Crippen molar-refractivity contribution < 1.29 is 8.42 Å². The summed E-state index contributed by atoms with van der Waals surface area (Å²) in [5.41, 5.74) is 0.319. The van der Waals surface area contributed by atoms with Gasteiger partial charge in [-0.3, -0.25) is 0 Å². The van der Waals surface area contributed by atoms with Crippen LogP contribution in [-0.2, 0) is 9.84 Å². The van der Waals surface area contributed by atoms with Gasteiger partial charge in [0.25, 0.3) is 0 Å². The highest BCUT2D eigenvalue weighted by Gasteiger charge is 2.47. The molecule has 15 heavy (non-hydrogen) atoms. The Labute approximate surface area is 92.6 Å². The Kier molecular flexibility index (Phi) is 3.08. The second-order valence-corrected chi connectivity index (χ2v) is 7.40. The summed E-state index contributed by atoms with van der Waals surface area (Å²) >= 11 is 0. The molecule has 0 aromatic rings. The van der Waals surface area contributed by atoms with Gasteiger partial charge in [0.1, 0.15) is 0 Å². The van der Waals surface area contributed by atoms with E-state index in [2.05, 4.69) is 12.2 Å². The molecule has 88 valence electrons. The van der Waals surface area contributed by atoms with Crippen molar-refractivity contribution in [3.05, 3.63) is 0 Å². The second kappa shape index (κ2) is 4.06. The Morgan fingerprint density at radius 1 is 1.40 bits per heavy atom. The summed E-state index contributed by atoms with van der Waals surface area (Å²) in [7, 11) is -2.71. The zero-order valence-electron chi connectivity index (χ0n) is 9.46. The van der Waals surface area contributed by atoms with Crippen molar-refractivity contribution in [2.75, 3.05) is 24.6 Å². The van der Waals surface area contributed by atoms with Crippen LogP contribution in [0.25, 0.3) is 0 Å². The first kappa shape index (κ1) is 11.4. The van der Waals surface area contributed by atoms with Gasteiger partial charge in [0.2, 0.25) is 0 Å². The quantitative estimate of drug-likeness (QED) is 0.791. The Hall–Kier alpha value is -0.0900. The summed E-state index contributed by atoms with van der Waals surface area (Å²) in [4.78, 5) is 0. The van der Waals surface area contributed by atoms with E-state index in [0.29, 0.717) is 22.8 Å². The number of rotatable bonds is 4. The van der Waals surface area contributed by atoms with Gasteiger partial charge in [-0.2, -0.15) is 0 Å². The number of sulfone groups is 1. The molecule has 2 aliphatic rings. The fraction of sp³-hybridized carbons (Fsp3) is 1.00. The first-order valence-corrected chi connectivity index (χ1v) is 7.81. The molecular formula is C11H21NO2S. The van der Waals surface area contributed by atoms with Gasteiger partial charge in [-0.1, -0.05) is 19.8 Å². The molecule has 0 saturated carbocycles. The molecule has 1 atom stereocenters. The lowest BCUT2D eigenvalue weighted by Gasteiger charge is -2.47. The SMILES string of the molecule is CCCCC1(C2CCS(=O)(=O)C2)CNC1. The normalized spacial score (nSPS) is 32.5. The van der Waals surface area contributed by atoms with E-state index in [0.717, 1.165) is 19.5 Å². The van der Waals surface area contributed by atoms with Crippen LogP contribution in [0.4, 0.5) is 0 Å². The molecule has 0 bridgehead atoms. The lowest BCUT2D eigenvalue weighted by molar-refractivity contribution is 0.0778. The number of hydrogen-bond donors (Lipinski definition) is 1. The first-order valence-electron chi connectivity index (χ1n) is 5.99. The molecule has 4 heteroatoms. The summed E-state index contributed by atoms with van der Waals surface area (Å²) < 4.78 is 23.0. The largest absolute Gasteiger partial charge is 0.316 e. The van der Waals surface area contributed by atoms with Crippen molar-refractivity contribution in [1.82, 2.24) is 5.32 Å². The minimum Gasteiger partial charge on any atom is -0.316 e. The van der Waals surface area contributed by atoms with Crippen LogP contribution in [0.3, 0.4) is 0 Å². The maximum Gasteiger partial charge on any atom is 0.150 e. The average Bonchev–Trinajstić information content (AvgIpc) is 2.45. The smallest absolute Gasteiger partial charge is 0.150 e. The Morgan fingerprint density at radius 3 is 2.53 bits per heavy atom. The number of hydrogen-bond acceptors (Lipinski definition) is 3. The molecule has 3 nitrogen and oxygen atoms in total. The summed E-state index contributed by atoms with van der Waals surface area (Å²) in [5, 5.41) is 3.32. The van der Waals surface area contributed by atoms with E-state index in [-0.39, 0.29) is 0 Å². The third kappa shape index (κ3) is 2.21. The van der Waals surface area contributed by atoms with Gasteiger partial charge in [-0.25, -0.2) is 8.42 Å². The molecule has 0 aromatic heterocycles. The van der Waals surface area contributed by atoms with Crippen LogP contribution in [0.1, 0.15) is 32.6 Å². The number of nitrogens with one attached hydrogen (secondary N) is 1. The summed E-state index contributed by atoms with van der Waals surface area (Å²) in [6.45, 7) is 4.27. The average molecular weight is 231 g/mol. The highest BCUT2D eigenvalue weighted by Crippen LogP contribution is 2.42.